The summed E-state index contributed by atoms with van der Waals surface area (Å²) in [6, 6.07) is 22.5. The molecule has 2 amide bonds. The number of nitrogens with zero attached hydrogens (tertiary/aromatic N) is 1. The van der Waals surface area contributed by atoms with Crippen molar-refractivity contribution in [2.75, 3.05) is 11.9 Å². The van der Waals surface area contributed by atoms with Crippen LogP contribution in [0.1, 0.15) is 13.3 Å². The number of hydrogen-bond acceptors (Lipinski definition) is 4. The quantitative estimate of drug-likeness (QED) is 0.226. The number of fused-ring (bicyclic) bond motifs is 1. The van der Waals surface area contributed by atoms with Crippen LogP contribution in [0.15, 0.2) is 78.9 Å². The highest BCUT2D eigenvalue weighted by molar-refractivity contribution is 7.46. The highest BCUT2D eigenvalue weighted by Gasteiger charge is 2.21. The number of benzene rings is 3. The maximum atomic E-state index is 14.8. The van der Waals surface area contributed by atoms with Gasteiger partial charge in [0.15, 0.2) is 0 Å². The molecule has 36 heavy (non-hydrogen) atoms. The standard InChI is InChI=1S/C26H25FN3O5P/c1-2-20(35-36(32,33)34)16-28-26(31)29-19-12-13-24-18(14-19)15-22(21-10-6-7-11-23(21)27)25(30-24)17-8-4-3-5-9-17/h3-15,20H,2,16H2,1H3,(H2,28,29,31)(H2,32,33,34)/t20-/m1/s1. The molecule has 0 radical (unpaired) electrons. The predicted molar refractivity (Wildman–Crippen MR) is 137 cm³/mol. The van der Waals surface area contributed by atoms with E-state index in [9.17, 15) is 13.8 Å². The Bertz CT molecular complexity index is 1430. The van der Waals surface area contributed by atoms with Crippen LogP contribution < -0.4 is 10.6 Å². The maximum absolute atomic E-state index is 14.8. The van der Waals surface area contributed by atoms with Gasteiger partial charge in [0, 0.05) is 34.3 Å². The Balaban J connectivity index is 1.62. The fourth-order valence-corrected chi connectivity index (χ4v) is 4.40. The third kappa shape index (κ3) is 6.33. The summed E-state index contributed by atoms with van der Waals surface area (Å²) < 4.78 is 30.4. The summed E-state index contributed by atoms with van der Waals surface area (Å²) in [4.78, 5) is 35.1. The van der Waals surface area contributed by atoms with Gasteiger partial charge in [-0.1, -0.05) is 55.5 Å². The van der Waals surface area contributed by atoms with Crippen LogP contribution in [0, 0.1) is 5.82 Å². The molecule has 4 rings (SSSR count). The van der Waals surface area contributed by atoms with Crippen molar-refractivity contribution in [2.24, 2.45) is 0 Å². The van der Waals surface area contributed by atoms with Crippen molar-refractivity contribution in [3.63, 3.8) is 0 Å². The number of hydrogen-bond donors (Lipinski definition) is 4. The van der Waals surface area contributed by atoms with E-state index in [2.05, 4.69) is 15.2 Å². The Morgan fingerprint density at radius 2 is 1.75 bits per heavy atom. The molecule has 0 unspecified atom stereocenters. The Hall–Kier alpha value is -3.62. The Morgan fingerprint density at radius 3 is 2.44 bits per heavy atom. The van der Waals surface area contributed by atoms with Crippen LogP contribution in [0.3, 0.4) is 0 Å². The van der Waals surface area contributed by atoms with E-state index in [0.29, 0.717) is 39.8 Å². The first-order valence-corrected chi connectivity index (χ1v) is 12.8. The minimum atomic E-state index is -4.66. The van der Waals surface area contributed by atoms with Gasteiger partial charge in [-0.25, -0.2) is 18.7 Å². The van der Waals surface area contributed by atoms with Gasteiger partial charge in [0.25, 0.3) is 0 Å². The SMILES string of the molecule is CC[C@H](CNC(=O)Nc1ccc2nc(-c3ccccc3)c(-c3ccccc3F)cc2c1)OP(=O)(O)O. The molecule has 186 valence electrons. The van der Waals surface area contributed by atoms with Gasteiger partial charge in [-0.3, -0.25) is 4.52 Å². The van der Waals surface area contributed by atoms with Crippen molar-refractivity contribution in [2.45, 2.75) is 19.4 Å². The maximum Gasteiger partial charge on any atom is 0.469 e. The smallest absolute Gasteiger partial charge is 0.335 e. The zero-order valence-electron chi connectivity index (χ0n) is 19.4. The predicted octanol–water partition coefficient (Wildman–Crippen LogP) is 5.72. The second-order valence-corrected chi connectivity index (χ2v) is 9.29. The van der Waals surface area contributed by atoms with Crippen molar-refractivity contribution in [1.82, 2.24) is 10.3 Å². The summed E-state index contributed by atoms with van der Waals surface area (Å²) in [5.41, 5.74) is 3.66. The molecule has 0 bridgehead atoms. The number of carbonyl (C=O) groups excluding carboxylic acids is 1. The van der Waals surface area contributed by atoms with Gasteiger partial charge in [-0.2, -0.15) is 0 Å². The van der Waals surface area contributed by atoms with Crippen LogP contribution in [-0.2, 0) is 9.09 Å². The molecule has 8 nitrogen and oxygen atoms in total. The minimum absolute atomic E-state index is 0.0829. The van der Waals surface area contributed by atoms with Crippen LogP contribution in [0.2, 0.25) is 0 Å². The third-order valence-corrected chi connectivity index (χ3v) is 6.09. The van der Waals surface area contributed by atoms with E-state index in [4.69, 9.17) is 14.8 Å². The Kier molecular flexibility index (Phi) is 7.76. The van der Waals surface area contributed by atoms with Gasteiger partial charge in [0.2, 0.25) is 0 Å². The minimum Gasteiger partial charge on any atom is -0.335 e. The molecule has 0 spiro atoms. The zero-order chi connectivity index (χ0) is 25.7. The molecule has 1 atom stereocenters. The largest absolute Gasteiger partial charge is 0.469 e. The number of carbonyl (C=O) groups is 1. The average molecular weight is 509 g/mol. The van der Waals surface area contributed by atoms with Gasteiger partial charge in [0.05, 0.1) is 17.3 Å². The molecule has 0 aliphatic rings. The summed E-state index contributed by atoms with van der Waals surface area (Å²) in [5, 5.41) is 5.93. The number of phosphoric ester groups is 1. The molecule has 10 heteroatoms. The van der Waals surface area contributed by atoms with Crippen LogP contribution in [0.25, 0.3) is 33.3 Å². The third-order valence-electron chi connectivity index (χ3n) is 5.52. The van der Waals surface area contributed by atoms with Gasteiger partial charge in [-0.05, 0) is 36.8 Å². The molecule has 1 heterocycles. The summed E-state index contributed by atoms with van der Waals surface area (Å²) in [6.45, 7) is 1.60. The molecule has 0 saturated heterocycles. The highest BCUT2D eigenvalue weighted by atomic mass is 31.2. The van der Waals surface area contributed by atoms with Gasteiger partial charge in [-0.15, -0.1) is 0 Å². The summed E-state index contributed by atoms with van der Waals surface area (Å²) in [6.07, 6.45) is -0.535. The van der Waals surface area contributed by atoms with E-state index in [0.717, 1.165) is 5.56 Å². The van der Waals surface area contributed by atoms with E-state index in [1.807, 2.05) is 36.4 Å². The van der Waals surface area contributed by atoms with E-state index < -0.39 is 20.0 Å². The molecule has 4 aromatic rings. The molecule has 0 aliphatic carbocycles. The van der Waals surface area contributed by atoms with Crippen molar-refractivity contribution in [3.8, 4) is 22.4 Å². The Morgan fingerprint density at radius 1 is 1.03 bits per heavy atom. The Labute approximate surface area is 207 Å². The number of aromatic nitrogens is 1. The van der Waals surface area contributed by atoms with E-state index in [-0.39, 0.29) is 12.4 Å². The molecule has 4 N–H and O–H groups in total. The molecule has 1 aromatic heterocycles. The van der Waals surface area contributed by atoms with Crippen LogP contribution >= 0.6 is 7.82 Å². The van der Waals surface area contributed by atoms with Crippen LogP contribution in [0.5, 0.6) is 0 Å². The molecule has 3 aromatic carbocycles. The number of anilines is 1. The first-order valence-electron chi connectivity index (χ1n) is 11.3. The molecular weight excluding hydrogens is 484 g/mol. The lowest BCUT2D eigenvalue weighted by Gasteiger charge is -2.17. The fourth-order valence-electron chi connectivity index (χ4n) is 3.79. The number of urea groups is 1. The van der Waals surface area contributed by atoms with Crippen molar-refractivity contribution >= 4 is 30.4 Å². The summed E-state index contributed by atoms with van der Waals surface area (Å²) in [7, 11) is -4.66. The van der Waals surface area contributed by atoms with Crippen molar-refractivity contribution < 1.29 is 28.1 Å². The first-order chi connectivity index (χ1) is 17.2. The van der Waals surface area contributed by atoms with E-state index in [1.54, 1.807) is 43.3 Å². The number of nitrogens with one attached hydrogen (secondary N) is 2. The van der Waals surface area contributed by atoms with Crippen LogP contribution in [-0.4, -0.2) is 33.5 Å². The number of amides is 2. The summed E-state index contributed by atoms with van der Waals surface area (Å²) >= 11 is 0. The van der Waals surface area contributed by atoms with Crippen molar-refractivity contribution in [3.05, 3.63) is 84.7 Å². The first kappa shape index (κ1) is 25.5. The lowest BCUT2D eigenvalue weighted by atomic mass is 9.97. The second-order valence-electron chi connectivity index (χ2n) is 8.10. The van der Waals surface area contributed by atoms with Crippen LogP contribution in [0.4, 0.5) is 14.9 Å². The van der Waals surface area contributed by atoms with Gasteiger partial charge < -0.3 is 20.4 Å². The fraction of sp³-hybridized carbons (Fsp3) is 0.154. The topological polar surface area (TPSA) is 121 Å². The number of pyridine rings is 1. The van der Waals surface area contributed by atoms with E-state index >= 15 is 0 Å². The summed E-state index contributed by atoms with van der Waals surface area (Å²) in [5.74, 6) is -0.368. The number of rotatable bonds is 8. The number of halogens is 1. The van der Waals surface area contributed by atoms with Crippen molar-refractivity contribution in [1.29, 1.82) is 0 Å². The molecular formula is C26H25FN3O5P. The molecule has 0 fully saturated rings. The van der Waals surface area contributed by atoms with Gasteiger partial charge in [0.1, 0.15) is 5.82 Å². The number of phosphoric acid groups is 1. The lowest BCUT2D eigenvalue weighted by Crippen LogP contribution is -2.35. The lowest BCUT2D eigenvalue weighted by molar-refractivity contribution is 0.130. The average Bonchev–Trinajstić information content (AvgIpc) is 2.86. The normalized spacial score (nSPS) is 12.3. The monoisotopic (exact) mass is 509 g/mol. The van der Waals surface area contributed by atoms with Gasteiger partial charge >= 0.3 is 13.9 Å². The molecule has 0 aliphatic heterocycles. The zero-order valence-corrected chi connectivity index (χ0v) is 20.3. The molecule has 0 saturated carbocycles. The highest BCUT2D eigenvalue weighted by Crippen LogP contribution is 2.38. The van der Waals surface area contributed by atoms with E-state index in [1.165, 1.54) is 6.07 Å². The second kappa shape index (κ2) is 11.0.